The van der Waals surface area contributed by atoms with Crippen molar-refractivity contribution >= 4 is 11.7 Å². The summed E-state index contributed by atoms with van der Waals surface area (Å²) in [5.74, 6) is 0.740. The van der Waals surface area contributed by atoms with Crippen LogP contribution >= 0.6 is 0 Å². The van der Waals surface area contributed by atoms with Gasteiger partial charge in [0, 0.05) is 26.1 Å². The van der Waals surface area contributed by atoms with Crippen molar-refractivity contribution in [3.63, 3.8) is 0 Å². The molecule has 0 aromatic rings. The van der Waals surface area contributed by atoms with Crippen LogP contribution in [-0.2, 0) is 9.53 Å². The molecule has 2 aliphatic heterocycles. The molecule has 0 saturated carbocycles. The van der Waals surface area contributed by atoms with Gasteiger partial charge in [0.15, 0.2) is 0 Å². The molecule has 0 radical (unpaired) electrons. The number of nitrogens with zero attached hydrogens (tertiary/aromatic N) is 2. The molecule has 1 unspecified atom stereocenters. The average Bonchev–Trinajstić information content (AvgIpc) is 2.75. The lowest BCUT2D eigenvalue weighted by atomic mass is 10.2. The van der Waals surface area contributed by atoms with Gasteiger partial charge in [0.05, 0.1) is 19.0 Å². The summed E-state index contributed by atoms with van der Waals surface area (Å²) >= 11 is 0. The zero-order valence-electron chi connectivity index (χ0n) is 9.74. The van der Waals surface area contributed by atoms with Crippen LogP contribution in [0, 0.1) is 5.41 Å². The summed E-state index contributed by atoms with van der Waals surface area (Å²) in [7, 11) is 0. The molecule has 1 amide bonds. The molecule has 90 valence electrons. The van der Waals surface area contributed by atoms with Crippen LogP contribution in [0.5, 0.6) is 0 Å². The van der Waals surface area contributed by atoms with Gasteiger partial charge < -0.3 is 14.5 Å². The lowest BCUT2D eigenvalue weighted by Gasteiger charge is -2.33. The summed E-state index contributed by atoms with van der Waals surface area (Å²) in [6, 6.07) is -0.187. The Kier molecular flexibility index (Phi) is 3.43. The Morgan fingerprint density at radius 2 is 2.06 bits per heavy atom. The topological polar surface area (TPSA) is 56.6 Å². The van der Waals surface area contributed by atoms with Gasteiger partial charge in [0.2, 0.25) is 5.91 Å². The van der Waals surface area contributed by atoms with Gasteiger partial charge in [-0.25, -0.2) is 0 Å². The molecule has 0 bridgehead atoms. The lowest BCUT2D eigenvalue weighted by molar-refractivity contribution is -0.139. The molecule has 2 rings (SSSR count). The van der Waals surface area contributed by atoms with Crippen molar-refractivity contribution in [1.29, 1.82) is 5.41 Å². The Bertz CT molecular complexity index is 287. The summed E-state index contributed by atoms with van der Waals surface area (Å²) in [6.07, 6.45) is 1.81. The lowest BCUT2D eigenvalue weighted by Crippen LogP contribution is -2.50. The standard InChI is InChI=1S/C11H19N3O2/c1-9(14-4-2-3-10(14)12)11(15)13-5-7-16-8-6-13/h9,12H,2-8H2,1H3. The maximum Gasteiger partial charge on any atom is 0.245 e. The number of nitrogens with one attached hydrogen (secondary N) is 1. The Balaban J connectivity index is 1.95. The monoisotopic (exact) mass is 225 g/mol. The molecule has 5 heteroatoms. The third-order valence-corrected chi connectivity index (χ3v) is 3.31. The first kappa shape index (κ1) is 11.4. The van der Waals surface area contributed by atoms with E-state index in [1.165, 1.54) is 0 Å². The van der Waals surface area contributed by atoms with Gasteiger partial charge >= 0.3 is 0 Å². The first-order valence-corrected chi connectivity index (χ1v) is 5.91. The highest BCUT2D eigenvalue weighted by Gasteiger charge is 2.30. The molecule has 2 saturated heterocycles. The summed E-state index contributed by atoms with van der Waals surface area (Å²) < 4.78 is 5.23. The van der Waals surface area contributed by atoms with E-state index in [1.807, 2.05) is 16.7 Å². The zero-order valence-corrected chi connectivity index (χ0v) is 9.74. The number of hydrogen-bond donors (Lipinski definition) is 1. The number of amides is 1. The molecule has 0 aromatic heterocycles. The highest BCUT2D eigenvalue weighted by Crippen LogP contribution is 2.15. The highest BCUT2D eigenvalue weighted by molar-refractivity contribution is 5.89. The Labute approximate surface area is 95.9 Å². The highest BCUT2D eigenvalue weighted by atomic mass is 16.5. The molecule has 2 fully saturated rings. The molecular formula is C11H19N3O2. The van der Waals surface area contributed by atoms with E-state index in [1.54, 1.807) is 0 Å². The Morgan fingerprint density at radius 1 is 1.38 bits per heavy atom. The Hall–Kier alpha value is -1.10. The second-order valence-corrected chi connectivity index (χ2v) is 4.36. The molecule has 0 aromatic carbocycles. The third-order valence-electron chi connectivity index (χ3n) is 3.31. The van der Waals surface area contributed by atoms with Crippen molar-refractivity contribution in [1.82, 2.24) is 9.80 Å². The number of amidine groups is 1. The minimum absolute atomic E-state index is 0.134. The van der Waals surface area contributed by atoms with E-state index in [9.17, 15) is 4.79 Å². The molecule has 16 heavy (non-hydrogen) atoms. The quantitative estimate of drug-likeness (QED) is 0.735. The van der Waals surface area contributed by atoms with Gasteiger partial charge in [-0.15, -0.1) is 0 Å². The summed E-state index contributed by atoms with van der Waals surface area (Å²) in [5, 5.41) is 7.77. The van der Waals surface area contributed by atoms with Crippen LogP contribution < -0.4 is 0 Å². The molecule has 5 nitrogen and oxygen atoms in total. The van der Waals surface area contributed by atoms with Gasteiger partial charge in [-0.3, -0.25) is 10.2 Å². The van der Waals surface area contributed by atoms with Crippen molar-refractivity contribution in [2.75, 3.05) is 32.8 Å². The van der Waals surface area contributed by atoms with Crippen molar-refractivity contribution in [3.05, 3.63) is 0 Å². The fourth-order valence-electron chi connectivity index (χ4n) is 2.30. The maximum atomic E-state index is 12.2. The average molecular weight is 225 g/mol. The van der Waals surface area contributed by atoms with Gasteiger partial charge in [-0.05, 0) is 13.3 Å². The number of carbonyl (C=O) groups is 1. The minimum Gasteiger partial charge on any atom is -0.378 e. The van der Waals surface area contributed by atoms with Crippen LogP contribution in [0.3, 0.4) is 0 Å². The predicted molar refractivity (Wildman–Crippen MR) is 60.5 cm³/mol. The van der Waals surface area contributed by atoms with Gasteiger partial charge in [0.1, 0.15) is 6.04 Å². The summed E-state index contributed by atoms with van der Waals surface area (Å²) in [6.45, 7) is 5.38. The fourth-order valence-corrected chi connectivity index (χ4v) is 2.30. The van der Waals surface area contributed by atoms with E-state index in [2.05, 4.69) is 0 Å². The third kappa shape index (κ3) is 2.19. The van der Waals surface area contributed by atoms with Gasteiger partial charge in [0.25, 0.3) is 0 Å². The smallest absolute Gasteiger partial charge is 0.245 e. The molecular weight excluding hydrogens is 206 g/mol. The van der Waals surface area contributed by atoms with Gasteiger partial charge in [-0.1, -0.05) is 0 Å². The van der Waals surface area contributed by atoms with E-state index < -0.39 is 0 Å². The second-order valence-electron chi connectivity index (χ2n) is 4.36. The summed E-state index contributed by atoms with van der Waals surface area (Å²) in [4.78, 5) is 15.9. The minimum atomic E-state index is -0.187. The van der Waals surface area contributed by atoms with E-state index in [-0.39, 0.29) is 11.9 Å². The molecule has 0 aliphatic carbocycles. The van der Waals surface area contributed by atoms with Crippen LogP contribution in [0.2, 0.25) is 0 Å². The number of carbonyl (C=O) groups excluding carboxylic acids is 1. The van der Waals surface area contributed by atoms with Crippen LogP contribution in [0.4, 0.5) is 0 Å². The van der Waals surface area contributed by atoms with Crippen LogP contribution in [0.25, 0.3) is 0 Å². The molecule has 2 aliphatic rings. The molecule has 1 N–H and O–H groups in total. The molecule has 2 heterocycles. The molecule has 1 atom stereocenters. The van der Waals surface area contributed by atoms with Crippen LogP contribution in [0.15, 0.2) is 0 Å². The summed E-state index contributed by atoms with van der Waals surface area (Å²) in [5.41, 5.74) is 0. The van der Waals surface area contributed by atoms with Crippen molar-refractivity contribution < 1.29 is 9.53 Å². The number of ether oxygens (including phenoxy) is 1. The van der Waals surface area contributed by atoms with E-state index in [4.69, 9.17) is 10.1 Å². The van der Waals surface area contributed by atoms with E-state index in [0.717, 1.165) is 19.4 Å². The van der Waals surface area contributed by atoms with E-state index >= 15 is 0 Å². The van der Waals surface area contributed by atoms with E-state index in [0.29, 0.717) is 32.1 Å². The Morgan fingerprint density at radius 3 is 2.62 bits per heavy atom. The number of hydrogen-bond acceptors (Lipinski definition) is 3. The number of morpholine rings is 1. The fraction of sp³-hybridized carbons (Fsp3) is 0.818. The molecule has 0 spiro atoms. The predicted octanol–water partition coefficient (Wildman–Crippen LogP) is 0.307. The first-order valence-electron chi connectivity index (χ1n) is 5.91. The normalized spacial score (nSPS) is 23.7. The van der Waals surface area contributed by atoms with Crippen LogP contribution in [-0.4, -0.2) is 60.4 Å². The first-order chi connectivity index (χ1) is 7.70. The van der Waals surface area contributed by atoms with Crippen molar-refractivity contribution in [2.45, 2.75) is 25.8 Å². The van der Waals surface area contributed by atoms with Crippen molar-refractivity contribution in [3.8, 4) is 0 Å². The SMILES string of the molecule is CC(C(=O)N1CCOCC1)N1CCCC1=N. The van der Waals surface area contributed by atoms with Crippen LogP contribution in [0.1, 0.15) is 19.8 Å². The van der Waals surface area contributed by atoms with Crippen molar-refractivity contribution in [2.24, 2.45) is 0 Å². The number of likely N-dealkylation sites (tertiary alicyclic amines) is 1. The van der Waals surface area contributed by atoms with Gasteiger partial charge in [-0.2, -0.15) is 0 Å². The number of rotatable bonds is 2. The maximum absolute atomic E-state index is 12.2. The zero-order chi connectivity index (χ0) is 11.5. The second kappa shape index (κ2) is 4.82. The largest absolute Gasteiger partial charge is 0.378 e.